The predicted molar refractivity (Wildman–Crippen MR) is 113 cm³/mol. The molecule has 1 aromatic carbocycles. The molecule has 0 spiro atoms. The zero-order valence-electron chi connectivity index (χ0n) is 14.2. The Morgan fingerprint density at radius 2 is 1.84 bits per heavy atom. The van der Waals surface area contributed by atoms with Crippen molar-refractivity contribution in [2.75, 3.05) is 44.2 Å². The highest BCUT2D eigenvalue weighted by atomic mass is 127. The lowest BCUT2D eigenvalue weighted by molar-refractivity contribution is -0.119. The van der Waals surface area contributed by atoms with Gasteiger partial charge in [0, 0.05) is 43.4 Å². The Bertz CT molecular complexity index is 598. The van der Waals surface area contributed by atoms with Crippen LogP contribution < -0.4 is 16.0 Å². The number of rotatable bonds is 5. The molecule has 3 N–H and O–H groups in total. The third-order valence-electron chi connectivity index (χ3n) is 4.46. The standard InChI is InChI=1S/C17H24ClN5O.HI/c18-14-3-5-15(6-4-14)22-7-9-23(10-8-22)17(19)21-12-16(24)20-11-13-1-2-13;/h3-6,13H,1-2,7-12H2,(H2,19,21)(H,20,24);1H. The fourth-order valence-electron chi connectivity index (χ4n) is 2.73. The van der Waals surface area contributed by atoms with Crippen LogP contribution in [0.3, 0.4) is 0 Å². The average Bonchev–Trinajstić information content (AvgIpc) is 3.43. The number of guanidine groups is 1. The lowest BCUT2D eigenvalue weighted by Gasteiger charge is -2.36. The first kappa shape index (κ1) is 20.1. The molecule has 1 amide bonds. The van der Waals surface area contributed by atoms with Gasteiger partial charge in [-0.1, -0.05) is 11.6 Å². The highest BCUT2D eigenvalue weighted by molar-refractivity contribution is 14.0. The lowest BCUT2D eigenvalue weighted by Crippen LogP contribution is -2.51. The fraction of sp³-hybridized carbons (Fsp3) is 0.529. The Kier molecular flexibility index (Phi) is 7.61. The third-order valence-corrected chi connectivity index (χ3v) is 4.72. The number of carbonyl (C=O) groups excluding carboxylic acids is 1. The maximum atomic E-state index is 11.7. The Morgan fingerprint density at radius 1 is 1.20 bits per heavy atom. The predicted octanol–water partition coefficient (Wildman–Crippen LogP) is 1.92. The van der Waals surface area contributed by atoms with Crippen molar-refractivity contribution >= 4 is 53.1 Å². The van der Waals surface area contributed by atoms with Crippen LogP contribution >= 0.6 is 35.6 Å². The number of hydrogen-bond donors (Lipinski definition) is 2. The quantitative estimate of drug-likeness (QED) is 0.386. The fourth-order valence-corrected chi connectivity index (χ4v) is 2.86. The van der Waals surface area contributed by atoms with Crippen LogP contribution in [0.1, 0.15) is 12.8 Å². The minimum atomic E-state index is -0.0512. The van der Waals surface area contributed by atoms with Crippen molar-refractivity contribution in [2.24, 2.45) is 16.6 Å². The molecule has 1 heterocycles. The first-order valence-electron chi connectivity index (χ1n) is 8.44. The minimum absolute atomic E-state index is 0. The second kappa shape index (κ2) is 9.47. The second-order valence-corrected chi connectivity index (χ2v) is 6.81. The number of halogens is 2. The molecule has 8 heteroatoms. The van der Waals surface area contributed by atoms with Crippen molar-refractivity contribution in [3.05, 3.63) is 29.3 Å². The molecule has 1 aliphatic carbocycles. The Labute approximate surface area is 170 Å². The molecule has 0 aromatic heterocycles. The first-order chi connectivity index (χ1) is 11.6. The molecular formula is C17H25ClIN5O. The molecule has 3 rings (SSSR count). The number of amides is 1. The maximum Gasteiger partial charge on any atom is 0.241 e. The van der Waals surface area contributed by atoms with Crippen LogP contribution in [0.5, 0.6) is 0 Å². The molecule has 1 saturated carbocycles. The van der Waals surface area contributed by atoms with Crippen LogP contribution in [0, 0.1) is 5.92 Å². The van der Waals surface area contributed by atoms with Crippen LogP contribution in [0.4, 0.5) is 5.69 Å². The topological polar surface area (TPSA) is 74.0 Å². The Balaban J connectivity index is 0.00000225. The molecule has 25 heavy (non-hydrogen) atoms. The number of nitrogens with one attached hydrogen (secondary N) is 1. The number of piperazine rings is 1. The van der Waals surface area contributed by atoms with E-state index in [2.05, 4.69) is 15.2 Å². The zero-order chi connectivity index (χ0) is 16.9. The number of hydrogen-bond acceptors (Lipinski definition) is 3. The van der Waals surface area contributed by atoms with Crippen LogP contribution in [-0.2, 0) is 4.79 Å². The molecule has 138 valence electrons. The van der Waals surface area contributed by atoms with E-state index >= 15 is 0 Å². The number of carbonyl (C=O) groups is 1. The summed E-state index contributed by atoms with van der Waals surface area (Å²) in [6, 6.07) is 7.86. The van der Waals surface area contributed by atoms with Crippen LogP contribution in [0.15, 0.2) is 29.3 Å². The number of anilines is 1. The normalized spacial score (nSPS) is 17.9. The maximum absolute atomic E-state index is 11.7. The van der Waals surface area contributed by atoms with Gasteiger partial charge >= 0.3 is 0 Å². The summed E-state index contributed by atoms with van der Waals surface area (Å²) in [6.07, 6.45) is 2.45. The summed E-state index contributed by atoms with van der Waals surface area (Å²) in [5.41, 5.74) is 7.19. The Morgan fingerprint density at radius 3 is 2.44 bits per heavy atom. The minimum Gasteiger partial charge on any atom is -0.370 e. The number of nitrogens with two attached hydrogens (primary N) is 1. The van der Waals surface area contributed by atoms with E-state index < -0.39 is 0 Å². The largest absolute Gasteiger partial charge is 0.370 e. The van der Waals surface area contributed by atoms with E-state index in [0.29, 0.717) is 11.9 Å². The van der Waals surface area contributed by atoms with E-state index in [1.165, 1.54) is 12.8 Å². The molecule has 2 fully saturated rings. The molecule has 1 aliphatic heterocycles. The van der Waals surface area contributed by atoms with Gasteiger partial charge in [-0.25, -0.2) is 4.99 Å². The first-order valence-corrected chi connectivity index (χ1v) is 8.81. The van der Waals surface area contributed by atoms with E-state index in [4.69, 9.17) is 17.3 Å². The molecule has 0 atom stereocenters. The van der Waals surface area contributed by atoms with Gasteiger partial charge in [0.2, 0.25) is 5.91 Å². The summed E-state index contributed by atoms with van der Waals surface area (Å²) in [5, 5.41) is 3.64. The van der Waals surface area contributed by atoms with E-state index in [-0.39, 0.29) is 36.4 Å². The highest BCUT2D eigenvalue weighted by Gasteiger charge is 2.22. The van der Waals surface area contributed by atoms with E-state index in [1.54, 1.807) is 0 Å². The molecule has 2 aliphatic rings. The summed E-state index contributed by atoms with van der Waals surface area (Å²) in [4.78, 5) is 20.3. The van der Waals surface area contributed by atoms with Crippen molar-refractivity contribution in [1.29, 1.82) is 0 Å². The van der Waals surface area contributed by atoms with Crippen molar-refractivity contribution in [3.63, 3.8) is 0 Å². The summed E-state index contributed by atoms with van der Waals surface area (Å²) in [6.45, 7) is 4.20. The van der Waals surface area contributed by atoms with E-state index in [0.717, 1.165) is 43.4 Å². The van der Waals surface area contributed by atoms with Gasteiger partial charge in [-0.2, -0.15) is 0 Å². The SMILES string of the molecule is I.NC(=NCC(=O)NCC1CC1)N1CCN(c2ccc(Cl)cc2)CC1. The number of nitrogens with zero attached hydrogens (tertiary/aromatic N) is 3. The molecule has 1 aromatic rings. The molecule has 1 saturated heterocycles. The van der Waals surface area contributed by atoms with Gasteiger partial charge in [0.15, 0.2) is 5.96 Å². The van der Waals surface area contributed by atoms with E-state index in [9.17, 15) is 4.79 Å². The van der Waals surface area contributed by atoms with Gasteiger partial charge in [-0.05, 0) is 43.0 Å². The molecular weight excluding hydrogens is 453 g/mol. The molecule has 0 bridgehead atoms. The number of aliphatic imine (C=N–C) groups is 1. The summed E-state index contributed by atoms with van der Waals surface area (Å²) in [5.74, 6) is 1.08. The highest BCUT2D eigenvalue weighted by Crippen LogP contribution is 2.27. The van der Waals surface area contributed by atoms with Gasteiger partial charge in [-0.3, -0.25) is 4.79 Å². The summed E-state index contributed by atoms with van der Waals surface area (Å²) < 4.78 is 0. The number of benzene rings is 1. The summed E-state index contributed by atoms with van der Waals surface area (Å²) >= 11 is 5.93. The van der Waals surface area contributed by atoms with Crippen LogP contribution in [-0.4, -0.2) is 56.0 Å². The molecule has 6 nitrogen and oxygen atoms in total. The van der Waals surface area contributed by atoms with Crippen molar-refractivity contribution in [2.45, 2.75) is 12.8 Å². The van der Waals surface area contributed by atoms with Gasteiger partial charge in [0.05, 0.1) is 0 Å². The van der Waals surface area contributed by atoms with Crippen molar-refractivity contribution in [1.82, 2.24) is 10.2 Å². The van der Waals surface area contributed by atoms with Crippen molar-refractivity contribution < 1.29 is 4.79 Å². The molecule has 0 radical (unpaired) electrons. The van der Waals surface area contributed by atoms with Gasteiger partial charge in [-0.15, -0.1) is 24.0 Å². The van der Waals surface area contributed by atoms with Crippen molar-refractivity contribution in [3.8, 4) is 0 Å². The second-order valence-electron chi connectivity index (χ2n) is 6.37. The monoisotopic (exact) mass is 477 g/mol. The van der Waals surface area contributed by atoms with Gasteiger partial charge < -0.3 is 20.9 Å². The lowest BCUT2D eigenvalue weighted by atomic mass is 10.2. The van der Waals surface area contributed by atoms with Gasteiger partial charge in [0.25, 0.3) is 0 Å². The van der Waals surface area contributed by atoms with E-state index in [1.807, 2.05) is 29.2 Å². The van der Waals surface area contributed by atoms with Gasteiger partial charge in [0.1, 0.15) is 6.54 Å². The third kappa shape index (κ3) is 6.22. The van der Waals surface area contributed by atoms with Crippen LogP contribution in [0.2, 0.25) is 5.02 Å². The Hall–Kier alpha value is -1.22. The smallest absolute Gasteiger partial charge is 0.241 e. The average molecular weight is 478 g/mol. The summed E-state index contributed by atoms with van der Waals surface area (Å²) in [7, 11) is 0. The zero-order valence-corrected chi connectivity index (χ0v) is 17.2. The molecule has 0 unspecified atom stereocenters. The van der Waals surface area contributed by atoms with Crippen LogP contribution in [0.25, 0.3) is 0 Å².